The molecule has 0 saturated carbocycles. The Morgan fingerprint density at radius 1 is 0.721 bits per heavy atom. The van der Waals surface area contributed by atoms with E-state index in [2.05, 4.69) is 0 Å². The molecule has 0 radical (unpaired) electrons. The highest BCUT2D eigenvalue weighted by molar-refractivity contribution is 6.39. The quantitative estimate of drug-likeness (QED) is 0.0994. The van der Waals surface area contributed by atoms with Gasteiger partial charge in [0.05, 0.1) is 28.1 Å². The molecule has 0 N–H and O–H groups in total. The van der Waals surface area contributed by atoms with Crippen molar-refractivity contribution in [2.45, 2.75) is 9.75 Å². The Kier molecular flexibility index (Phi) is 6.49. The van der Waals surface area contributed by atoms with Crippen LogP contribution in [0.5, 0.6) is 0 Å². The SMILES string of the molecule is O=C(OCC(=O)c1ccc(Cl)cc1Cl)c1cccc(N2C(=O)[C@@H]3[C@H](C2=O)C2(Cl)c4ccccc4C3(Cl)c3ccccc32)c1. The van der Waals surface area contributed by atoms with Crippen molar-refractivity contribution in [1.29, 1.82) is 0 Å². The average Bonchev–Trinajstić information content (AvgIpc) is 3.29. The van der Waals surface area contributed by atoms with E-state index in [9.17, 15) is 19.2 Å². The fourth-order valence-electron chi connectivity index (χ4n) is 6.70. The first-order valence-corrected chi connectivity index (χ1v) is 14.8. The number of halogens is 4. The number of nitrogens with zero attached hydrogens (tertiary/aromatic N) is 1. The van der Waals surface area contributed by atoms with Gasteiger partial charge in [-0.25, -0.2) is 9.69 Å². The Labute approximate surface area is 266 Å². The van der Waals surface area contributed by atoms with Crippen LogP contribution in [0.15, 0.2) is 91.0 Å². The lowest BCUT2D eigenvalue weighted by atomic mass is 9.54. The van der Waals surface area contributed by atoms with E-state index in [1.807, 2.05) is 48.5 Å². The van der Waals surface area contributed by atoms with Crippen LogP contribution < -0.4 is 4.90 Å². The van der Waals surface area contributed by atoms with Crippen molar-refractivity contribution in [3.05, 3.63) is 134 Å². The molecule has 8 rings (SSSR count). The van der Waals surface area contributed by atoms with Crippen LogP contribution in [0.3, 0.4) is 0 Å². The molecule has 43 heavy (non-hydrogen) atoms. The van der Waals surface area contributed by atoms with E-state index in [1.54, 1.807) is 6.07 Å². The highest BCUT2D eigenvalue weighted by atomic mass is 35.5. The zero-order valence-electron chi connectivity index (χ0n) is 22.0. The molecule has 6 nitrogen and oxygen atoms in total. The van der Waals surface area contributed by atoms with Crippen molar-refractivity contribution in [2.75, 3.05) is 11.5 Å². The number of imide groups is 1. The van der Waals surface area contributed by atoms with Crippen LogP contribution in [0.1, 0.15) is 43.0 Å². The van der Waals surface area contributed by atoms with Gasteiger partial charge in [0, 0.05) is 10.6 Å². The number of hydrogen-bond acceptors (Lipinski definition) is 5. The maximum atomic E-state index is 14.2. The average molecular weight is 651 g/mol. The number of carbonyl (C=O) groups excluding carboxylic acids is 4. The summed E-state index contributed by atoms with van der Waals surface area (Å²) in [5.41, 5.74) is 3.13. The third kappa shape index (κ3) is 3.87. The lowest BCUT2D eigenvalue weighted by Crippen LogP contribution is -2.57. The van der Waals surface area contributed by atoms with Crippen LogP contribution in [0.2, 0.25) is 10.0 Å². The molecule has 0 unspecified atom stereocenters. The van der Waals surface area contributed by atoms with Gasteiger partial charge < -0.3 is 4.74 Å². The molecule has 10 heteroatoms. The first-order chi connectivity index (χ1) is 20.6. The molecule has 2 atom stereocenters. The molecule has 4 aromatic rings. The van der Waals surface area contributed by atoms with Gasteiger partial charge in [0.15, 0.2) is 6.61 Å². The third-order valence-electron chi connectivity index (χ3n) is 8.49. The van der Waals surface area contributed by atoms with E-state index >= 15 is 0 Å². The van der Waals surface area contributed by atoms with Crippen LogP contribution in [0.25, 0.3) is 0 Å². The minimum atomic E-state index is -1.32. The van der Waals surface area contributed by atoms with Crippen molar-refractivity contribution in [3.63, 3.8) is 0 Å². The number of carbonyl (C=O) groups is 4. The van der Waals surface area contributed by atoms with Crippen molar-refractivity contribution in [2.24, 2.45) is 11.8 Å². The highest BCUT2D eigenvalue weighted by Gasteiger charge is 2.73. The van der Waals surface area contributed by atoms with E-state index in [0.29, 0.717) is 27.3 Å². The second kappa shape index (κ2) is 9.93. The number of amides is 2. The Morgan fingerprint density at radius 3 is 1.77 bits per heavy atom. The number of rotatable bonds is 5. The lowest BCUT2D eigenvalue weighted by Gasteiger charge is -2.54. The predicted molar refractivity (Wildman–Crippen MR) is 163 cm³/mol. The molecule has 0 aromatic heterocycles. The number of esters is 1. The molecule has 1 saturated heterocycles. The van der Waals surface area contributed by atoms with Crippen LogP contribution in [0, 0.1) is 11.8 Å². The minimum absolute atomic E-state index is 0.0405. The summed E-state index contributed by atoms with van der Waals surface area (Å²) in [4.78, 5) is 52.4. The third-order valence-corrected chi connectivity index (χ3v) is 10.3. The van der Waals surface area contributed by atoms with Crippen molar-refractivity contribution in [3.8, 4) is 0 Å². The Balaban J connectivity index is 1.22. The summed E-state index contributed by atoms with van der Waals surface area (Å²) >= 11 is 26.9. The summed E-state index contributed by atoms with van der Waals surface area (Å²) < 4.78 is 5.25. The molecule has 2 amide bonds. The second-order valence-corrected chi connectivity index (χ2v) is 12.7. The molecular weight excluding hydrogens is 632 g/mol. The number of Topliss-reactive ketones (excluding diaryl/α,β-unsaturated/α-hetero) is 1. The van der Waals surface area contributed by atoms with Gasteiger partial charge in [0.1, 0.15) is 9.75 Å². The number of anilines is 1. The standard InChI is InChI=1S/C33H19Cl4NO5/c34-18-12-13-20(25(35)15-18)26(39)16-43-31(42)17-6-5-7-19(14-17)38-29(40)27-28(30(38)41)33(37)22-9-2-1-8-21(22)32(27,36)23-10-3-4-11-24(23)33/h1-15,27-28H,16H2/t27-,28+,32?,33?. The number of alkyl halides is 2. The first-order valence-electron chi connectivity index (χ1n) is 13.3. The van der Waals surface area contributed by atoms with E-state index in [1.165, 1.54) is 36.4 Å². The van der Waals surface area contributed by atoms with Crippen LogP contribution in [-0.4, -0.2) is 30.2 Å². The molecule has 1 heterocycles. The minimum Gasteiger partial charge on any atom is -0.454 e. The second-order valence-electron chi connectivity index (χ2n) is 10.7. The lowest BCUT2D eigenvalue weighted by molar-refractivity contribution is -0.122. The Hall–Kier alpha value is -3.68. The molecule has 1 fully saturated rings. The van der Waals surface area contributed by atoms with Crippen LogP contribution in [-0.2, 0) is 24.1 Å². The Bertz CT molecular complexity index is 1780. The molecule has 1 aliphatic heterocycles. The first kappa shape index (κ1) is 28.1. The molecule has 3 aliphatic carbocycles. The molecule has 4 aliphatic rings. The van der Waals surface area contributed by atoms with Gasteiger partial charge in [-0.2, -0.15) is 0 Å². The summed E-state index contributed by atoms with van der Waals surface area (Å²) in [7, 11) is 0. The fourth-order valence-corrected chi connectivity index (χ4v) is 8.31. The zero-order chi connectivity index (χ0) is 30.3. The maximum absolute atomic E-state index is 14.2. The smallest absolute Gasteiger partial charge is 0.338 e. The topological polar surface area (TPSA) is 80.8 Å². The van der Waals surface area contributed by atoms with Gasteiger partial charge in [-0.05, 0) is 58.7 Å². The summed E-state index contributed by atoms with van der Waals surface area (Å²) in [6.07, 6.45) is 0. The van der Waals surface area contributed by atoms with Gasteiger partial charge >= 0.3 is 5.97 Å². The Morgan fingerprint density at radius 2 is 1.26 bits per heavy atom. The van der Waals surface area contributed by atoms with Gasteiger partial charge in [-0.15, -0.1) is 23.2 Å². The summed E-state index contributed by atoms with van der Waals surface area (Å²) in [5, 5.41) is 0.498. The predicted octanol–water partition coefficient (Wildman–Crippen LogP) is 7.13. The molecule has 4 aromatic carbocycles. The fraction of sp³-hybridized carbons (Fsp3) is 0.152. The van der Waals surface area contributed by atoms with Crippen molar-refractivity contribution >= 4 is 75.7 Å². The molecule has 2 bridgehead atoms. The number of hydrogen-bond donors (Lipinski definition) is 0. The highest BCUT2D eigenvalue weighted by Crippen LogP contribution is 2.69. The molecule has 0 spiro atoms. The van der Waals surface area contributed by atoms with Crippen molar-refractivity contribution in [1.82, 2.24) is 0 Å². The van der Waals surface area contributed by atoms with Gasteiger partial charge in [-0.1, -0.05) is 77.8 Å². The van der Waals surface area contributed by atoms with Crippen LogP contribution >= 0.6 is 46.4 Å². The van der Waals surface area contributed by atoms with E-state index in [4.69, 9.17) is 51.1 Å². The van der Waals surface area contributed by atoms with Crippen LogP contribution in [0.4, 0.5) is 5.69 Å². The molecular formula is C33H19Cl4NO5. The van der Waals surface area contributed by atoms with E-state index in [-0.39, 0.29) is 21.8 Å². The van der Waals surface area contributed by atoms with Crippen molar-refractivity contribution < 1.29 is 23.9 Å². The summed E-state index contributed by atoms with van der Waals surface area (Å²) in [6, 6.07) is 25.0. The normalized spacial score (nSPS) is 24.8. The van der Waals surface area contributed by atoms with Gasteiger partial charge in [0.2, 0.25) is 17.6 Å². The van der Waals surface area contributed by atoms with E-state index in [0.717, 1.165) is 4.90 Å². The summed E-state index contributed by atoms with van der Waals surface area (Å²) in [6.45, 7) is -0.573. The maximum Gasteiger partial charge on any atom is 0.338 e. The number of ketones is 1. The zero-order valence-corrected chi connectivity index (χ0v) is 25.0. The largest absolute Gasteiger partial charge is 0.454 e. The monoisotopic (exact) mass is 649 g/mol. The number of ether oxygens (including phenoxy) is 1. The van der Waals surface area contributed by atoms with E-state index < -0.39 is 51.8 Å². The summed E-state index contributed by atoms with van der Waals surface area (Å²) in [5.74, 6) is -4.34. The van der Waals surface area contributed by atoms with Gasteiger partial charge in [0.25, 0.3) is 0 Å². The van der Waals surface area contributed by atoms with Gasteiger partial charge in [-0.3, -0.25) is 14.4 Å². The number of benzene rings is 4. The molecule has 214 valence electrons.